The molecule has 1 amide bonds. The second-order valence-electron chi connectivity index (χ2n) is 3.19. The van der Waals surface area contributed by atoms with E-state index >= 15 is 0 Å². The summed E-state index contributed by atoms with van der Waals surface area (Å²) in [4.78, 5) is 12.6. The SMILES string of the molecule is CCOC(=O)N1CC[C@@H](F)[C@H](C#N)C1. The lowest BCUT2D eigenvalue weighted by molar-refractivity contribution is 0.0729. The highest BCUT2D eigenvalue weighted by molar-refractivity contribution is 5.67. The summed E-state index contributed by atoms with van der Waals surface area (Å²) in [5.74, 6) is -0.715. The third-order valence-corrected chi connectivity index (χ3v) is 2.22. The Hall–Kier alpha value is -1.31. The van der Waals surface area contributed by atoms with E-state index in [-0.39, 0.29) is 13.0 Å². The van der Waals surface area contributed by atoms with E-state index in [9.17, 15) is 9.18 Å². The van der Waals surface area contributed by atoms with Crippen LogP contribution in [0.5, 0.6) is 0 Å². The molecule has 0 N–H and O–H groups in total. The van der Waals surface area contributed by atoms with Gasteiger partial charge in [0.1, 0.15) is 6.17 Å². The fourth-order valence-corrected chi connectivity index (χ4v) is 1.43. The van der Waals surface area contributed by atoms with Gasteiger partial charge in [-0.1, -0.05) is 0 Å². The van der Waals surface area contributed by atoms with Gasteiger partial charge in [0.2, 0.25) is 0 Å². The fourth-order valence-electron chi connectivity index (χ4n) is 1.43. The number of halogens is 1. The van der Waals surface area contributed by atoms with Gasteiger partial charge in [0.25, 0.3) is 0 Å². The Morgan fingerprint density at radius 1 is 1.79 bits per heavy atom. The third kappa shape index (κ3) is 2.34. The fraction of sp³-hybridized carbons (Fsp3) is 0.778. The van der Waals surface area contributed by atoms with E-state index in [2.05, 4.69) is 0 Å². The maximum Gasteiger partial charge on any atom is 0.409 e. The van der Waals surface area contributed by atoms with E-state index in [0.29, 0.717) is 13.2 Å². The summed E-state index contributed by atoms with van der Waals surface area (Å²) in [6.45, 7) is 2.47. The number of likely N-dealkylation sites (tertiary alicyclic amines) is 1. The highest BCUT2D eigenvalue weighted by atomic mass is 19.1. The molecule has 4 nitrogen and oxygen atoms in total. The number of alkyl halides is 1. The summed E-state index contributed by atoms with van der Waals surface area (Å²) in [6.07, 6.45) is -1.36. The average Bonchev–Trinajstić information content (AvgIpc) is 2.19. The number of rotatable bonds is 1. The van der Waals surface area contributed by atoms with Gasteiger partial charge in [-0.05, 0) is 13.3 Å². The van der Waals surface area contributed by atoms with Crippen LogP contribution in [-0.4, -0.2) is 36.9 Å². The molecule has 14 heavy (non-hydrogen) atoms. The van der Waals surface area contributed by atoms with Gasteiger partial charge in [0.05, 0.1) is 18.6 Å². The van der Waals surface area contributed by atoms with Crippen molar-refractivity contribution in [3.05, 3.63) is 0 Å². The van der Waals surface area contributed by atoms with E-state index in [4.69, 9.17) is 10.00 Å². The minimum atomic E-state index is -1.12. The number of hydrogen-bond donors (Lipinski definition) is 0. The number of carbonyl (C=O) groups is 1. The topological polar surface area (TPSA) is 53.3 Å². The van der Waals surface area contributed by atoms with Crippen LogP contribution < -0.4 is 0 Å². The number of nitriles is 1. The lowest BCUT2D eigenvalue weighted by Crippen LogP contribution is -2.44. The molecule has 0 aromatic carbocycles. The van der Waals surface area contributed by atoms with E-state index < -0.39 is 18.2 Å². The van der Waals surface area contributed by atoms with Gasteiger partial charge in [0.15, 0.2) is 0 Å². The van der Waals surface area contributed by atoms with Crippen molar-refractivity contribution in [3.8, 4) is 6.07 Å². The van der Waals surface area contributed by atoms with Crippen molar-refractivity contribution in [2.75, 3.05) is 19.7 Å². The third-order valence-electron chi connectivity index (χ3n) is 2.22. The molecular weight excluding hydrogens is 187 g/mol. The molecule has 1 aliphatic heterocycles. The van der Waals surface area contributed by atoms with Crippen LogP contribution in [0.25, 0.3) is 0 Å². The van der Waals surface area contributed by atoms with Crippen molar-refractivity contribution in [3.63, 3.8) is 0 Å². The van der Waals surface area contributed by atoms with Crippen LogP contribution in [0.3, 0.4) is 0 Å². The van der Waals surface area contributed by atoms with Crippen LogP contribution in [0.15, 0.2) is 0 Å². The minimum absolute atomic E-state index is 0.135. The molecule has 0 aromatic rings. The first-order valence-corrected chi connectivity index (χ1v) is 4.64. The molecule has 0 bridgehead atoms. The van der Waals surface area contributed by atoms with E-state index in [1.807, 2.05) is 6.07 Å². The maximum atomic E-state index is 13.1. The van der Waals surface area contributed by atoms with Crippen LogP contribution in [-0.2, 0) is 4.74 Å². The van der Waals surface area contributed by atoms with Crippen LogP contribution in [0.1, 0.15) is 13.3 Å². The van der Waals surface area contributed by atoms with Crippen LogP contribution in [0, 0.1) is 17.2 Å². The van der Waals surface area contributed by atoms with Crippen molar-refractivity contribution in [2.45, 2.75) is 19.5 Å². The van der Waals surface area contributed by atoms with Crippen molar-refractivity contribution in [2.24, 2.45) is 5.92 Å². The lowest BCUT2D eigenvalue weighted by atomic mass is 9.98. The predicted octanol–water partition coefficient (Wildman–Crippen LogP) is 1.33. The van der Waals surface area contributed by atoms with Crippen LogP contribution in [0.2, 0.25) is 0 Å². The smallest absolute Gasteiger partial charge is 0.409 e. The van der Waals surface area contributed by atoms with E-state index in [1.165, 1.54) is 4.90 Å². The van der Waals surface area contributed by atoms with Gasteiger partial charge in [-0.3, -0.25) is 0 Å². The molecule has 1 rings (SSSR count). The number of carbonyl (C=O) groups excluding carboxylic acids is 1. The zero-order valence-corrected chi connectivity index (χ0v) is 8.07. The highest BCUT2D eigenvalue weighted by Crippen LogP contribution is 2.19. The van der Waals surface area contributed by atoms with Gasteiger partial charge in [-0.15, -0.1) is 0 Å². The Morgan fingerprint density at radius 2 is 2.50 bits per heavy atom. The monoisotopic (exact) mass is 200 g/mol. The minimum Gasteiger partial charge on any atom is -0.450 e. The summed E-state index contributed by atoms with van der Waals surface area (Å²) in [5.41, 5.74) is 0. The zero-order chi connectivity index (χ0) is 10.6. The first-order valence-electron chi connectivity index (χ1n) is 4.64. The summed E-state index contributed by atoms with van der Waals surface area (Å²) < 4.78 is 17.8. The van der Waals surface area contributed by atoms with E-state index in [0.717, 1.165) is 0 Å². The second kappa shape index (κ2) is 4.80. The van der Waals surface area contributed by atoms with Gasteiger partial charge >= 0.3 is 6.09 Å². The first-order chi connectivity index (χ1) is 6.69. The Morgan fingerprint density at radius 3 is 3.07 bits per heavy atom. The molecule has 5 heteroatoms. The highest BCUT2D eigenvalue weighted by Gasteiger charge is 2.31. The molecule has 1 saturated heterocycles. The molecule has 78 valence electrons. The Bertz CT molecular complexity index is 252. The Kier molecular flexibility index (Phi) is 3.69. The number of ether oxygens (including phenoxy) is 1. The number of hydrogen-bond acceptors (Lipinski definition) is 3. The molecule has 1 aliphatic rings. The first kappa shape index (κ1) is 10.8. The maximum absolute atomic E-state index is 13.1. The predicted molar refractivity (Wildman–Crippen MR) is 47.2 cm³/mol. The Balaban J connectivity index is 2.51. The molecule has 0 saturated carbocycles. The van der Waals surface area contributed by atoms with Gasteiger partial charge in [0, 0.05) is 13.1 Å². The zero-order valence-electron chi connectivity index (χ0n) is 8.07. The van der Waals surface area contributed by atoms with E-state index in [1.54, 1.807) is 6.92 Å². The molecule has 0 spiro atoms. The van der Waals surface area contributed by atoms with Crippen LogP contribution >= 0.6 is 0 Å². The summed E-state index contributed by atoms with van der Waals surface area (Å²) in [6, 6.07) is 1.86. The number of piperidine rings is 1. The quantitative estimate of drug-likeness (QED) is 0.641. The molecule has 0 aromatic heterocycles. The normalized spacial score (nSPS) is 26.8. The molecule has 1 fully saturated rings. The number of amides is 1. The van der Waals surface area contributed by atoms with Gasteiger partial charge in [-0.25, -0.2) is 9.18 Å². The van der Waals surface area contributed by atoms with Crippen molar-refractivity contribution in [1.82, 2.24) is 4.90 Å². The average molecular weight is 200 g/mol. The van der Waals surface area contributed by atoms with Crippen LogP contribution in [0.4, 0.5) is 9.18 Å². The van der Waals surface area contributed by atoms with Gasteiger partial charge < -0.3 is 9.64 Å². The Labute approximate surface area is 82.2 Å². The molecule has 1 heterocycles. The molecule has 0 aliphatic carbocycles. The molecule has 0 radical (unpaired) electrons. The van der Waals surface area contributed by atoms with Crippen molar-refractivity contribution < 1.29 is 13.9 Å². The molecular formula is C9H13FN2O2. The summed E-state index contributed by atoms with van der Waals surface area (Å²) in [5, 5.41) is 8.62. The lowest BCUT2D eigenvalue weighted by Gasteiger charge is -2.30. The standard InChI is InChI=1S/C9H13FN2O2/c1-2-14-9(13)12-4-3-8(10)7(5-11)6-12/h7-8H,2-4,6H2,1H3/t7-,8-/m1/s1. The number of nitrogens with zero attached hydrogens (tertiary/aromatic N) is 2. The second-order valence-corrected chi connectivity index (χ2v) is 3.19. The molecule has 0 unspecified atom stereocenters. The van der Waals surface area contributed by atoms with Crippen molar-refractivity contribution >= 4 is 6.09 Å². The largest absolute Gasteiger partial charge is 0.450 e. The molecule has 2 atom stereocenters. The van der Waals surface area contributed by atoms with Gasteiger partial charge in [-0.2, -0.15) is 5.26 Å². The van der Waals surface area contributed by atoms with Crippen molar-refractivity contribution in [1.29, 1.82) is 5.26 Å². The summed E-state index contributed by atoms with van der Waals surface area (Å²) in [7, 11) is 0. The summed E-state index contributed by atoms with van der Waals surface area (Å²) >= 11 is 0.